The van der Waals surface area contributed by atoms with Gasteiger partial charge in [-0.3, -0.25) is 9.48 Å². The lowest BCUT2D eigenvalue weighted by Gasteiger charge is -2.24. The molecule has 1 aromatic carbocycles. The monoisotopic (exact) mass is 273 g/mol. The van der Waals surface area contributed by atoms with E-state index in [9.17, 15) is 9.18 Å². The van der Waals surface area contributed by atoms with Gasteiger partial charge >= 0.3 is 0 Å². The average Bonchev–Trinajstić information content (AvgIpc) is 3.06. The van der Waals surface area contributed by atoms with Gasteiger partial charge in [-0.05, 0) is 30.5 Å². The van der Waals surface area contributed by atoms with Crippen molar-refractivity contribution >= 4 is 5.91 Å². The van der Waals surface area contributed by atoms with Gasteiger partial charge in [0.2, 0.25) is 0 Å². The van der Waals surface area contributed by atoms with E-state index >= 15 is 0 Å². The van der Waals surface area contributed by atoms with Crippen LogP contribution in [0.4, 0.5) is 4.39 Å². The first-order valence-electron chi connectivity index (χ1n) is 6.70. The number of hydrogen-bond donors (Lipinski definition) is 0. The second-order valence-electron chi connectivity index (χ2n) is 5.11. The number of aromatic nitrogens is 2. The number of likely N-dealkylation sites (tertiary alicyclic amines) is 1. The number of rotatable bonds is 2. The first-order valence-corrected chi connectivity index (χ1v) is 6.70. The summed E-state index contributed by atoms with van der Waals surface area (Å²) < 4.78 is 15.0. The van der Waals surface area contributed by atoms with E-state index in [1.54, 1.807) is 30.2 Å². The molecule has 1 atom stereocenters. The highest BCUT2D eigenvalue weighted by atomic mass is 19.1. The van der Waals surface area contributed by atoms with Gasteiger partial charge in [-0.15, -0.1) is 0 Å². The molecule has 0 bridgehead atoms. The minimum Gasteiger partial charge on any atom is -0.332 e. The SMILES string of the molecule is Cn1cc(C(=O)N2CCCC2c2cccc(F)c2)cn1. The van der Waals surface area contributed by atoms with Gasteiger partial charge < -0.3 is 4.90 Å². The van der Waals surface area contributed by atoms with Crippen molar-refractivity contribution in [1.82, 2.24) is 14.7 Å². The summed E-state index contributed by atoms with van der Waals surface area (Å²) in [7, 11) is 1.78. The third-order valence-electron chi connectivity index (χ3n) is 3.70. The maximum atomic E-state index is 13.4. The first-order chi connectivity index (χ1) is 9.65. The van der Waals surface area contributed by atoms with E-state index in [0.29, 0.717) is 12.1 Å². The number of aryl methyl sites for hydroxylation is 1. The predicted molar refractivity (Wildman–Crippen MR) is 72.6 cm³/mol. The zero-order valence-corrected chi connectivity index (χ0v) is 11.3. The molecule has 0 radical (unpaired) electrons. The number of amides is 1. The molecule has 1 amide bonds. The summed E-state index contributed by atoms with van der Waals surface area (Å²) in [6.07, 6.45) is 5.09. The molecule has 1 aromatic heterocycles. The van der Waals surface area contributed by atoms with E-state index in [4.69, 9.17) is 0 Å². The fourth-order valence-corrected chi connectivity index (χ4v) is 2.77. The molecule has 0 aliphatic carbocycles. The average molecular weight is 273 g/mol. The quantitative estimate of drug-likeness (QED) is 0.843. The largest absolute Gasteiger partial charge is 0.332 e. The minimum atomic E-state index is -0.261. The molecular weight excluding hydrogens is 257 g/mol. The Kier molecular flexibility index (Phi) is 3.26. The summed E-state index contributed by atoms with van der Waals surface area (Å²) in [6.45, 7) is 0.703. The normalized spacial score (nSPS) is 18.5. The molecule has 0 N–H and O–H groups in total. The molecule has 1 unspecified atom stereocenters. The predicted octanol–water partition coefficient (Wildman–Crippen LogP) is 2.54. The van der Waals surface area contributed by atoms with E-state index < -0.39 is 0 Å². The van der Waals surface area contributed by atoms with E-state index in [1.165, 1.54) is 12.1 Å². The molecule has 104 valence electrons. The zero-order chi connectivity index (χ0) is 14.1. The third kappa shape index (κ3) is 2.31. The van der Waals surface area contributed by atoms with Crippen LogP contribution in [0.3, 0.4) is 0 Å². The molecule has 1 aliphatic rings. The van der Waals surface area contributed by atoms with Crippen LogP contribution < -0.4 is 0 Å². The topological polar surface area (TPSA) is 38.1 Å². The second-order valence-corrected chi connectivity index (χ2v) is 5.11. The van der Waals surface area contributed by atoms with Crippen molar-refractivity contribution in [2.75, 3.05) is 6.54 Å². The Hall–Kier alpha value is -2.17. The van der Waals surface area contributed by atoms with Gasteiger partial charge in [0.1, 0.15) is 5.82 Å². The molecule has 3 rings (SSSR count). The summed E-state index contributed by atoms with van der Waals surface area (Å²) in [5.41, 5.74) is 1.44. The maximum absolute atomic E-state index is 13.4. The van der Waals surface area contributed by atoms with Crippen LogP contribution in [0.25, 0.3) is 0 Å². The highest BCUT2D eigenvalue weighted by Gasteiger charge is 2.31. The Morgan fingerprint density at radius 2 is 2.30 bits per heavy atom. The van der Waals surface area contributed by atoms with Crippen LogP contribution in [0.5, 0.6) is 0 Å². The van der Waals surface area contributed by atoms with E-state index in [2.05, 4.69) is 5.10 Å². The van der Waals surface area contributed by atoms with Gasteiger partial charge in [0.05, 0.1) is 17.8 Å². The van der Waals surface area contributed by atoms with Crippen LogP contribution in [-0.4, -0.2) is 27.1 Å². The smallest absolute Gasteiger partial charge is 0.257 e. The Morgan fingerprint density at radius 3 is 3.00 bits per heavy atom. The maximum Gasteiger partial charge on any atom is 0.257 e. The molecule has 0 saturated carbocycles. The number of carbonyl (C=O) groups is 1. The highest BCUT2D eigenvalue weighted by Crippen LogP contribution is 2.33. The van der Waals surface area contributed by atoms with Crippen LogP contribution in [-0.2, 0) is 7.05 Å². The summed E-state index contributed by atoms with van der Waals surface area (Å²) in [5, 5.41) is 4.03. The second kappa shape index (κ2) is 5.07. The van der Waals surface area contributed by atoms with Crippen molar-refractivity contribution in [2.24, 2.45) is 7.05 Å². The lowest BCUT2D eigenvalue weighted by atomic mass is 10.0. The number of benzene rings is 1. The standard InChI is InChI=1S/C15H16FN3O/c1-18-10-12(9-17-18)15(20)19-7-3-6-14(19)11-4-2-5-13(16)8-11/h2,4-5,8-10,14H,3,6-7H2,1H3. The third-order valence-corrected chi connectivity index (χ3v) is 3.70. The van der Waals surface area contributed by atoms with Crippen LogP contribution >= 0.6 is 0 Å². The van der Waals surface area contributed by atoms with Crippen molar-refractivity contribution in [1.29, 1.82) is 0 Å². The van der Waals surface area contributed by atoms with Crippen LogP contribution in [0.1, 0.15) is 34.8 Å². The number of halogens is 1. The number of hydrogen-bond acceptors (Lipinski definition) is 2. The Bertz CT molecular complexity index is 638. The Morgan fingerprint density at radius 1 is 1.45 bits per heavy atom. The van der Waals surface area contributed by atoms with Crippen molar-refractivity contribution in [2.45, 2.75) is 18.9 Å². The van der Waals surface area contributed by atoms with E-state index in [0.717, 1.165) is 18.4 Å². The lowest BCUT2D eigenvalue weighted by molar-refractivity contribution is 0.0735. The highest BCUT2D eigenvalue weighted by molar-refractivity contribution is 5.94. The number of carbonyl (C=O) groups excluding carboxylic acids is 1. The van der Waals surface area contributed by atoms with Gasteiger partial charge in [-0.25, -0.2) is 4.39 Å². The minimum absolute atomic E-state index is 0.0372. The summed E-state index contributed by atoms with van der Waals surface area (Å²) >= 11 is 0. The van der Waals surface area contributed by atoms with Gasteiger partial charge in [-0.2, -0.15) is 5.10 Å². The van der Waals surface area contributed by atoms with Crippen molar-refractivity contribution in [3.63, 3.8) is 0 Å². The molecule has 1 saturated heterocycles. The van der Waals surface area contributed by atoms with Crippen LogP contribution in [0.15, 0.2) is 36.7 Å². The summed E-state index contributed by atoms with van der Waals surface area (Å²) in [5.74, 6) is -0.298. The Balaban J connectivity index is 1.87. The molecule has 1 fully saturated rings. The molecule has 1 aliphatic heterocycles. The zero-order valence-electron chi connectivity index (χ0n) is 11.3. The molecular formula is C15H16FN3O. The van der Waals surface area contributed by atoms with Gasteiger partial charge in [0.25, 0.3) is 5.91 Å². The van der Waals surface area contributed by atoms with Gasteiger partial charge in [-0.1, -0.05) is 12.1 Å². The van der Waals surface area contributed by atoms with Crippen LogP contribution in [0, 0.1) is 5.82 Å². The summed E-state index contributed by atoms with van der Waals surface area (Å²) in [4.78, 5) is 14.3. The fourth-order valence-electron chi connectivity index (χ4n) is 2.77. The van der Waals surface area contributed by atoms with Crippen molar-refractivity contribution in [3.8, 4) is 0 Å². The summed E-state index contributed by atoms with van der Waals surface area (Å²) in [6, 6.07) is 6.46. The van der Waals surface area contributed by atoms with Gasteiger partial charge in [0.15, 0.2) is 0 Å². The molecule has 0 spiro atoms. The van der Waals surface area contributed by atoms with Crippen LogP contribution in [0.2, 0.25) is 0 Å². The van der Waals surface area contributed by atoms with Crippen molar-refractivity contribution < 1.29 is 9.18 Å². The molecule has 4 nitrogen and oxygen atoms in total. The molecule has 2 heterocycles. The van der Waals surface area contributed by atoms with Crippen molar-refractivity contribution in [3.05, 3.63) is 53.6 Å². The molecule has 20 heavy (non-hydrogen) atoms. The van der Waals surface area contributed by atoms with Gasteiger partial charge in [0, 0.05) is 19.8 Å². The molecule has 2 aromatic rings. The van der Waals surface area contributed by atoms with E-state index in [1.807, 2.05) is 11.0 Å². The number of nitrogens with zero attached hydrogens (tertiary/aromatic N) is 3. The first kappa shape index (κ1) is 12.8. The Labute approximate surface area is 116 Å². The molecule has 5 heteroatoms. The lowest BCUT2D eigenvalue weighted by Crippen LogP contribution is -2.30. The fraction of sp³-hybridized carbons (Fsp3) is 0.333. The van der Waals surface area contributed by atoms with E-state index in [-0.39, 0.29) is 17.8 Å².